The highest BCUT2D eigenvalue weighted by atomic mass is 16.5. The van der Waals surface area contributed by atoms with Gasteiger partial charge in [-0.3, -0.25) is 0 Å². The van der Waals surface area contributed by atoms with E-state index in [2.05, 4.69) is 44.9 Å². The van der Waals surface area contributed by atoms with Crippen LogP contribution in [0.4, 0.5) is 0 Å². The van der Waals surface area contributed by atoms with Gasteiger partial charge in [-0.15, -0.1) is 10.2 Å². The van der Waals surface area contributed by atoms with Gasteiger partial charge in [0.1, 0.15) is 5.75 Å². The number of hydrogen-bond donors (Lipinski definition) is 1. The lowest BCUT2D eigenvalue weighted by Gasteiger charge is -2.06. The van der Waals surface area contributed by atoms with Crippen LogP contribution in [0.25, 0.3) is 11.4 Å². The number of tetrazole rings is 1. The van der Waals surface area contributed by atoms with Gasteiger partial charge in [0, 0.05) is 5.56 Å². The van der Waals surface area contributed by atoms with E-state index < -0.39 is 0 Å². The third-order valence-electron chi connectivity index (χ3n) is 3.18. The average Bonchev–Trinajstić information content (AvgIpc) is 3.08. The Kier molecular flexibility index (Phi) is 4.21. The smallest absolute Gasteiger partial charge is 0.204 e. The van der Waals surface area contributed by atoms with Crippen LogP contribution < -0.4 is 4.74 Å². The lowest BCUT2D eigenvalue weighted by atomic mass is 10.1. The molecule has 1 heterocycles. The predicted molar refractivity (Wildman–Crippen MR) is 79.9 cm³/mol. The molecule has 0 saturated heterocycles. The van der Waals surface area contributed by atoms with Crippen LogP contribution in [0, 0.1) is 0 Å². The maximum atomic E-state index is 5.74. The summed E-state index contributed by atoms with van der Waals surface area (Å²) in [5.74, 6) is 1.45. The first kappa shape index (κ1) is 13.3. The van der Waals surface area contributed by atoms with Gasteiger partial charge in [-0.1, -0.05) is 30.3 Å². The van der Waals surface area contributed by atoms with Crippen molar-refractivity contribution >= 4 is 0 Å². The summed E-state index contributed by atoms with van der Waals surface area (Å²) in [7, 11) is 0. The molecule has 2 aromatic carbocycles. The van der Waals surface area contributed by atoms with Gasteiger partial charge < -0.3 is 4.74 Å². The molecule has 0 saturated carbocycles. The molecule has 0 unspecified atom stereocenters. The highest BCUT2D eigenvalue weighted by molar-refractivity contribution is 5.54. The fraction of sp³-hybridized carbons (Fsp3) is 0.188. The molecule has 0 aliphatic rings. The van der Waals surface area contributed by atoms with Crippen molar-refractivity contribution in [3.8, 4) is 17.1 Å². The Hall–Kier alpha value is -2.69. The number of aryl methyl sites for hydroxylation is 1. The van der Waals surface area contributed by atoms with Gasteiger partial charge in [0.25, 0.3) is 0 Å². The number of aromatic amines is 1. The number of benzene rings is 2. The fourth-order valence-corrected chi connectivity index (χ4v) is 2.10. The van der Waals surface area contributed by atoms with Crippen molar-refractivity contribution in [3.05, 3.63) is 60.2 Å². The van der Waals surface area contributed by atoms with Gasteiger partial charge >= 0.3 is 0 Å². The summed E-state index contributed by atoms with van der Waals surface area (Å²) in [6.45, 7) is 0.705. The summed E-state index contributed by atoms with van der Waals surface area (Å²) in [5, 5.41) is 13.9. The first-order valence-corrected chi connectivity index (χ1v) is 6.92. The Morgan fingerprint density at radius 2 is 1.76 bits per heavy atom. The summed E-state index contributed by atoms with van der Waals surface area (Å²) in [5.41, 5.74) is 2.26. The Labute approximate surface area is 123 Å². The molecule has 0 atom stereocenters. The van der Waals surface area contributed by atoms with Crippen molar-refractivity contribution in [2.45, 2.75) is 12.8 Å². The third-order valence-corrected chi connectivity index (χ3v) is 3.18. The first-order chi connectivity index (χ1) is 10.4. The Morgan fingerprint density at radius 1 is 0.952 bits per heavy atom. The molecule has 5 heteroatoms. The van der Waals surface area contributed by atoms with E-state index in [0.29, 0.717) is 12.4 Å². The van der Waals surface area contributed by atoms with Crippen molar-refractivity contribution in [1.29, 1.82) is 0 Å². The lowest BCUT2D eigenvalue weighted by Crippen LogP contribution is -1.99. The second kappa shape index (κ2) is 6.65. The van der Waals surface area contributed by atoms with Gasteiger partial charge in [0.05, 0.1) is 6.61 Å². The van der Waals surface area contributed by atoms with E-state index in [1.54, 1.807) is 0 Å². The SMILES string of the molecule is c1ccc(CCCOc2ccc(-c3nn[nH]n3)cc2)cc1. The van der Waals surface area contributed by atoms with Crippen LogP contribution in [0.2, 0.25) is 0 Å². The Bertz CT molecular complexity index is 651. The van der Waals surface area contributed by atoms with Crippen LogP contribution >= 0.6 is 0 Å². The summed E-state index contributed by atoms with van der Waals surface area (Å²) in [6.07, 6.45) is 2.03. The molecule has 0 amide bonds. The van der Waals surface area contributed by atoms with Gasteiger partial charge in [0.2, 0.25) is 5.82 Å². The van der Waals surface area contributed by atoms with E-state index in [0.717, 1.165) is 24.2 Å². The van der Waals surface area contributed by atoms with Crippen LogP contribution in [-0.2, 0) is 6.42 Å². The number of nitrogens with one attached hydrogen (secondary N) is 1. The second-order valence-electron chi connectivity index (χ2n) is 4.70. The van der Waals surface area contributed by atoms with Gasteiger partial charge in [-0.05, 0) is 47.9 Å². The summed E-state index contributed by atoms with van der Waals surface area (Å²) in [4.78, 5) is 0. The molecular formula is C16H16N4O. The van der Waals surface area contributed by atoms with Crippen molar-refractivity contribution in [2.75, 3.05) is 6.61 Å². The van der Waals surface area contributed by atoms with Gasteiger partial charge in [-0.2, -0.15) is 5.21 Å². The molecular weight excluding hydrogens is 264 g/mol. The van der Waals surface area contributed by atoms with E-state index in [9.17, 15) is 0 Å². The van der Waals surface area contributed by atoms with Crippen LogP contribution in [0.15, 0.2) is 54.6 Å². The van der Waals surface area contributed by atoms with E-state index >= 15 is 0 Å². The van der Waals surface area contributed by atoms with Gasteiger partial charge in [-0.25, -0.2) is 0 Å². The largest absolute Gasteiger partial charge is 0.494 e. The zero-order valence-corrected chi connectivity index (χ0v) is 11.6. The quantitative estimate of drug-likeness (QED) is 0.705. The highest BCUT2D eigenvalue weighted by Gasteiger charge is 2.02. The minimum atomic E-state index is 0.589. The maximum absolute atomic E-state index is 5.74. The zero-order chi connectivity index (χ0) is 14.3. The van der Waals surface area contributed by atoms with Gasteiger partial charge in [0.15, 0.2) is 0 Å². The predicted octanol–water partition coefficient (Wildman–Crippen LogP) is 2.88. The number of nitrogens with zero attached hydrogens (tertiary/aromatic N) is 3. The maximum Gasteiger partial charge on any atom is 0.204 e. The lowest BCUT2D eigenvalue weighted by molar-refractivity contribution is 0.311. The average molecular weight is 280 g/mol. The Morgan fingerprint density at radius 3 is 2.48 bits per heavy atom. The van der Waals surface area contributed by atoms with Crippen LogP contribution in [0.5, 0.6) is 5.75 Å². The van der Waals surface area contributed by atoms with E-state index in [1.807, 2.05) is 30.3 Å². The molecule has 0 radical (unpaired) electrons. The van der Waals surface area contributed by atoms with Crippen LogP contribution in [0.3, 0.4) is 0 Å². The molecule has 1 N–H and O–H groups in total. The topological polar surface area (TPSA) is 63.7 Å². The number of H-pyrrole nitrogens is 1. The van der Waals surface area contributed by atoms with E-state index in [-0.39, 0.29) is 0 Å². The molecule has 0 fully saturated rings. The highest BCUT2D eigenvalue weighted by Crippen LogP contribution is 2.18. The summed E-state index contributed by atoms with van der Waals surface area (Å²) >= 11 is 0. The number of rotatable bonds is 6. The first-order valence-electron chi connectivity index (χ1n) is 6.92. The zero-order valence-electron chi connectivity index (χ0n) is 11.6. The number of hydrogen-bond acceptors (Lipinski definition) is 4. The van der Waals surface area contributed by atoms with Crippen LogP contribution in [-0.4, -0.2) is 27.2 Å². The molecule has 0 bridgehead atoms. The van der Waals surface area contributed by atoms with Crippen LogP contribution in [0.1, 0.15) is 12.0 Å². The molecule has 106 valence electrons. The minimum Gasteiger partial charge on any atom is -0.494 e. The minimum absolute atomic E-state index is 0.589. The molecule has 0 spiro atoms. The normalized spacial score (nSPS) is 10.5. The molecule has 3 rings (SSSR count). The van der Waals surface area contributed by atoms with Crippen molar-refractivity contribution in [2.24, 2.45) is 0 Å². The number of ether oxygens (including phenoxy) is 1. The van der Waals surface area contributed by atoms with Crippen molar-refractivity contribution < 1.29 is 4.74 Å². The summed E-state index contributed by atoms with van der Waals surface area (Å²) < 4.78 is 5.74. The van der Waals surface area contributed by atoms with E-state index in [4.69, 9.17) is 4.74 Å². The molecule has 21 heavy (non-hydrogen) atoms. The van der Waals surface area contributed by atoms with Crippen molar-refractivity contribution in [3.63, 3.8) is 0 Å². The molecule has 1 aromatic heterocycles. The fourth-order valence-electron chi connectivity index (χ4n) is 2.10. The third kappa shape index (κ3) is 3.66. The standard InChI is InChI=1S/C16H16N4O/c1-2-5-13(6-3-1)7-4-12-21-15-10-8-14(9-11-15)16-17-19-20-18-16/h1-3,5-6,8-11H,4,7,12H2,(H,17,18,19,20). The second-order valence-corrected chi connectivity index (χ2v) is 4.70. The molecule has 0 aliphatic carbocycles. The molecule has 5 nitrogen and oxygen atoms in total. The van der Waals surface area contributed by atoms with E-state index in [1.165, 1.54) is 5.56 Å². The monoisotopic (exact) mass is 280 g/mol. The summed E-state index contributed by atoms with van der Waals surface area (Å²) in [6, 6.07) is 18.1. The number of aromatic nitrogens is 4. The van der Waals surface area contributed by atoms with Crippen molar-refractivity contribution in [1.82, 2.24) is 20.6 Å². The molecule has 3 aromatic rings. The Balaban J connectivity index is 1.47. The molecule has 0 aliphatic heterocycles.